The number of piperidine rings is 1. The lowest BCUT2D eigenvalue weighted by Gasteiger charge is -2.34. The van der Waals surface area contributed by atoms with E-state index >= 15 is 0 Å². The van der Waals surface area contributed by atoms with Gasteiger partial charge < -0.3 is 10.6 Å². The molecule has 0 spiro atoms. The second kappa shape index (κ2) is 6.30. The Morgan fingerprint density at radius 1 is 1.45 bits per heavy atom. The highest BCUT2D eigenvalue weighted by molar-refractivity contribution is 9.10. The molecule has 7 heteroatoms. The van der Waals surface area contributed by atoms with E-state index < -0.39 is 11.7 Å². The molecule has 0 radical (unpaired) electrons. The van der Waals surface area contributed by atoms with Crippen LogP contribution in [0.2, 0.25) is 0 Å². The number of alkyl halides is 3. The second-order valence-corrected chi connectivity index (χ2v) is 5.97. The van der Waals surface area contributed by atoms with Gasteiger partial charge in [0.05, 0.1) is 5.56 Å². The highest BCUT2D eigenvalue weighted by Gasteiger charge is 2.37. The molecule has 112 valence electrons. The molecule has 2 rings (SSSR count). The van der Waals surface area contributed by atoms with Crippen LogP contribution in [0.15, 0.2) is 16.7 Å². The summed E-state index contributed by atoms with van der Waals surface area (Å²) in [5.41, 5.74) is 4.86. The molecular formula is C13H17BrF3N3. The van der Waals surface area contributed by atoms with Gasteiger partial charge in [0.2, 0.25) is 0 Å². The van der Waals surface area contributed by atoms with Crippen LogP contribution in [-0.2, 0) is 6.18 Å². The zero-order chi connectivity index (χ0) is 14.8. The molecule has 1 aromatic heterocycles. The first kappa shape index (κ1) is 15.6. The second-order valence-electron chi connectivity index (χ2n) is 5.05. The van der Waals surface area contributed by atoms with E-state index in [4.69, 9.17) is 5.73 Å². The molecule has 1 atom stereocenters. The van der Waals surface area contributed by atoms with Crippen LogP contribution in [0.25, 0.3) is 0 Å². The maximum absolute atomic E-state index is 13.1. The number of hydrogen-bond donors (Lipinski definition) is 1. The maximum atomic E-state index is 13.1. The number of pyridine rings is 1. The van der Waals surface area contributed by atoms with Gasteiger partial charge in [0.15, 0.2) is 0 Å². The lowest BCUT2D eigenvalue weighted by atomic mass is 9.94. The van der Waals surface area contributed by atoms with Gasteiger partial charge >= 0.3 is 6.18 Å². The molecule has 1 unspecified atom stereocenters. The molecule has 0 aromatic carbocycles. The topological polar surface area (TPSA) is 42.1 Å². The van der Waals surface area contributed by atoms with Gasteiger partial charge in [-0.15, -0.1) is 0 Å². The summed E-state index contributed by atoms with van der Waals surface area (Å²) in [6, 6.07) is 1.09. The van der Waals surface area contributed by atoms with Crippen molar-refractivity contribution in [3.05, 3.63) is 22.3 Å². The smallest absolute Gasteiger partial charge is 0.356 e. The third kappa shape index (κ3) is 3.63. The summed E-state index contributed by atoms with van der Waals surface area (Å²) in [4.78, 5) is 5.73. The van der Waals surface area contributed by atoms with Gasteiger partial charge in [-0.1, -0.05) is 0 Å². The van der Waals surface area contributed by atoms with Crippen molar-refractivity contribution in [2.24, 2.45) is 11.7 Å². The highest BCUT2D eigenvalue weighted by Crippen LogP contribution is 2.38. The summed E-state index contributed by atoms with van der Waals surface area (Å²) in [5, 5.41) is 0. The van der Waals surface area contributed by atoms with E-state index in [9.17, 15) is 13.2 Å². The number of anilines is 1. The Balaban J connectivity index is 2.27. The van der Waals surface area contributed by atoms with E-state index in [0.717, 1.165) is 25.3 Å². The van der Waals surface area contributed by atoms with Crippen LogP contribution >= 0.6 is 15.9 Å². The summed E-state index contributed by atoms with van der Waals surface area (Å²) >= 11 is 3.05. The fraction of sp³-hybridized carbons (Fsp3) is 0.615. The van der Waals surface area contributed by atoms with E-state index in [1.165, 1.54) is 6.20 Å². The first-order valence-electron chi connectivity index (χ1n) is 6.59. The largest absolute Gasteiger partial charge is 0.419 e. The van der Waals surface area contributed by atoms with Crippen LogP contribution in [0.5, 0.6) is 0 Å². The van der Waals surface area contributed by atoms with Crippen molar-refractivity contribution in [2.75, 3.05) is 24.5 Å². The lowest BCUT2D eigenvalue weighted by Crippen LogP contribution is -2.38. The van der Waals surface area contributed by atoms with Crippen molar-refractivity contribution in [3.63, 3.8) is 0 Å². The Labute approximate surface area is 124 Å². The van der Waals surface area contributed by atoms with E-state index in [1.807, 2.05) is 0 Å². The molecular weight excluding hydrogens is 335 g/mol. The van der Waals surface area contributed by atoms with Crippen molar-refractivity contribution in [1.82, 2.24) is 4.98 Å². The molecule has 0 amide bonds. The average Bonchev–Trinajstić information content (AvgIpc) is 2.38. The number of rotatable bonds is 3. The molecule has 1 aromatic rings. The minimum Gasteiger partial charge on any atom is -0.356 e. The molecule has 3 nitrogen and oxygen atoms in total. The van der Waals surface area contributed by atoms with Gasteiger partial charge in [-0.3, -0.25) is 0 Å². The van der Waals surface area contributed by atoms with Crippen LogP contribution in [0.4, 0.5) is 19.0 Å². The minimum absolute atomic E-state index is 0.0300. The van der Waals surface area contributed by atoms with Crippen molar-refractivity contribution in [1.29, 1.82) is 0 Å². The van der Waals surface area contributed by atoms with Crippen LogP contribution in [0.1, 0.15) is 24.8 Å². The Hall–Kier alpha value is -0.820. The van der Waals surface area contributed by atoms with Crippen molar-refractivity contribution in [2.45, 2.75) is 25.4 Å². The molecule has 0 aliphatic carbocycles. The van der Waals surface area contributed by atoms with Crippen LogP contribution in [0, 0.1) is 5.92 Å². The number of hydrogen-bond acceptors (Lipinski definition) is 3. The monoisotopic (exact) mass is 351 g/mol. The molecule has 0 saturated carbocycles. The van der Waals surface area contributed by atoms with Crippen molar-refractivity contribution >= 4 is 21.7 Å². The van der Waals surface area contributed by atoms with Crippen LogP contribution in [0.3, 0.4) is 0 Å². The third-order valence-electron chi connectivity index (χ3n) is 3.53. The van der Waals surface area contributed by atoms with E-state index in [2.05, 4.69) is 20.9 Å². The average molecular weight is 352 g/mol. The van der Waals surface area contributed by atoms with Gasteiger partial charge in [0.25, 0.3) is 0 Å². The van der Waals surface area contributed by atoms with Gasteiger partial charge in [0.1, 0.15) is 5.82 Å². The predicted octanol–water partition coefficient (Wildman–Crippen LogP) is 3.43. The molecule has 1 saturated heterocycles. The van der Waals surface area contributed by atoms with Gasteiger partial charge in [-0.25, -0.2) is 4.98 Å². The molecule has 1 aliphatic heterocycles. The van der Waals surface area contributed by atoms with E-state index in [0.29, 0.717) is 30.0 Å². The Morgan fingerprint density at radius 2 is 2.20 bits per heavy atom. The highest BCUT2D eigenvalue weighted by atomic mass is 79.9. The van der Waals surface area contributed by atoms with Crippen molar-refractivity contribution < 1.29 is 13.2 Å². The minimum atomic E-state index is -4.40. The maximum Gasteiger partial charge on any atom is 0.419 e. The molecule has 2 heterocycles. The molecule has 2 N–H and O–H groups in total. The summed E-state index contributed by atoms with van der Waals surface area (Å²) in [7, 11) is 0. The molecule has 1 aliphatic rings. The lowest BCUT2D eigenvalue weighted by molar-refractivity contribution is -0.137. The Bertz CT molecular complexity index is 463. The Kier molecular flexibility index (Phi) is 4.90. The summed E-state index contributed by atoms with van der Waals surface area (Å²) < 4.78 is 39.7. The first-order chi connectivity index (χ1) is 9.41. The SMILES string of the molecule is NCCC1CCCN(c2ncc(Br)cc2C(F)(F)F)C1. The summed E-state index contributed by atoms with van der Waals surface area (Å²) in [6.07, 6.45) is -0.246. The van der Waals surface area contributed by atoms with Crippen LogP contribution in [-0.4, -0.2) is 24.6 Å². The zero-order valence-corrected chi connectivity index (χ0v) is 12.5. The van der Waals surface area contributed by atoms with Crippen LogP contribution < -0.4 is 10.6 Å². The fourth-order valence-electron chi connectivity index (χ4n) is 2.62. The number of nitrogens with two attached hydrogens (primary N) is 1. The van der Waals surface area contributed by atoms with E-state index in [-0.39, 0.29) is 5.82 Å². The van der Waals surface area contributed by atoms with Gasteiger partial charge in [0, 0.05) is 23.8 Å². The number of nitrogens with zero attached hydrogens (tertiary/aromatic N) is 2. The number of halogens is 4. The first-order valence-corrected chi connectivity index (χ1v) is 7.39. The van der Waals surface area contributed by atoms with Gasteiger partial charge in [-0.05, 0) is 53.7 Å². The molecule has 20 heavy (non-hydrogen) atoms. The van der Waals surface area contributed by atoms with Gasteiger partial charge in [-0.2, -0.15) is 13.2 Å². The summed E-state index contributed by atoms with van der Waals surface area (Å²) in [5.74, 6) is 0.378. The normalized spacial score (nSPS) is 20.2. The van der Waals surface area contributed by atoms with E-state index in [1.54, 1.807) is 4.90 Å². The quantitative estimate of drug-likeness (QED) is 0.906. The molecule has 1 fully saturated rings. The molecule has 0 bridgehead atoms. The standard InChI is InChI=1S/C13H17BrF3N3/c14-10-6-11(13(15,16)17)12(19-7-10)20-5-1-2-9(8-20)3-4-18/h6-7,9H,1-5,8,18H2. The third-order valence-corrected chi connectivity index (χ3v) is 3.97. The fourth-order valence-corrected chi connectivity index (χ4v) is 2.95. The van der Waals surface area contributed by atoms with Crippen molar-refractivity contribution in [3.8, 4) is 0 Å². The summed E-state index contributed by atoms with van der Waals surface area (Å²) in [6.45, 7) is 1.77. The number of aromatic nitrogens is 1. The Morgan fingerprint density at radius 3 is 2.85 bits per heavy atom. The predicted molar refractivity (Wildman–Crippen MR) is 75.5 cm³/mol. The zero-order valence-electron chi connectivity index (χ0n) is 11.0.